The Labute approximate surface area is 122 Å². The van der Waals surface area contributed by atoms with Gasteiger partial charge >= 0.3 is 0 Å². The van der Waals surface area contributed by atoms with E-state index in [9.17, 15) is 8.42 Å². The van der Waals surface area contributed by atoms with Crippen molar-refractivity contribution in [1.29, 1.82) is 0 Å². The maximum atomic E-state index is 12.4. The average molecular weight is 314 g/mol. The molecule has 0 amide bonds. The van der Waals surface area contributed by atoms with E-state index in [1.54, 1.807) is 10.9 Å². The van der Waals surface area contributed by atoms with Crippen molar-refractivity contribution in [3.05, 3.63) is 23.2 Å². The molecule has 110 valence electrons. The molecule has 2 rings (SSSR count). The molecule has 8 heteroatoms. The number of nitrogens with zero attached hydrogens (tertiary/aromatic N) is 4. The molecule has 2 aromatic heterocycles. The first kappa shape index (κ1) is 15.1. The topological polar surface area (TPSA) is 77.7 Å². The Balaban J connectivity index is 2.29. The van der Waals surface area contributed by atoms with E-state index < -0.39 is 9.84 Å². The van der Waals surface area contributed by atoms with E-state index in [4.69, 9.17) is 0 Å². The summed E-state index contributed by atoms with van der Waals surface area (Å²) in [7, 11) is -3.47. The van der Waals surface area contributed by atoms with Gasteiger partial charge in [0.15, 0.2) is 0 Å². The van der Waals surface area contributed by atoms with Crippen molar-refractivity contribution in [2.24, 2.45) is 0 Å². The molecule has 0 unspecified atom stereocenters. The molecule has 0 atom stereocenters. The fraction of sp³-hybridized carbons (Fsp3) is 0.583. The molecule has 0 saturated heterocycles. The third-order valence-electron chi connectivity index (χ3n) is 2.80. The highest BCUT2D eigenvalue weighted by Crippen LogP contribution is 2.30. The predicted octanol–water partition coefficient (Wildman–Crippen LogP) is 2.03. The van der Waals surface area contributed by atoms with Gasteiger partial charge in [-0.25, -0.2) is 23.1 Å². The maximum absolute atomic E-state index is 12.4. The largest absolute Gasteiger partial charge is 0.249 e. The lowest BCUT2D eigenvalue weighted by atomic mass is 9.96. The Morgan fingerprint density at radius 2 is 2.00 bits per heavy atom. The summed E-state index contributed by atoms with van der Waals surface area (Å²) in [4.78, 5) is 9.02. The van der Waals surface area contributed by atoms with Crippen molar-refractivity contribution in [1.82, 2.24) is 19.7 Å². The highest BCUT2D eigenvalue weighted by Gasteiger charge is 2.25. The molecule has 2 aromatic rings. The van der Waals surface area contributed by atoms with Gasteiger partial charge in [-0.05, 0) is 12.3 Å². The molecule has 0 radical (unpaired) electrons. The summed E-state index contributed by atoms with van der Waals surface area (Å²) < 4.78 is 26.5. The Kier molecular flexibility index (Phi) is 3.97. The van der Waals surface area contributed by atoms with Crippen LogP contribution in [0.25, 0.3) is 0 Å². The normalized spacial score (nSPS) is 12.8. The van der Waals surface area contributed by atoms with E-state index in [1.165, 1.54) is 17.7 Å². The zero-order valence-corrected chi connectivity index (χ0v) is 13.6. The second-order valence-electron chi connectivity index (χ2n) is 5.49. The quantitative estimate of drug-likeness (QED) is 0.863. The maximum Gasteiger partial charge on any atom is 0.212 e. The lowest BCUT2D eigenvalue weighted by Gasteiger charge is -2.14. The van der Waals surface area contributed by atoms with Gasteiger partial charge in [-0.1, -0.05) is 20.8 Å². The molecule has 6 nitrogen and oxygen atoms in total. The first-order valence-corrected chi connectivity index (χ1v) is 8.76. The van der Waals surface area contributed by atoms with Crippen LogP contribution in [0.1, 0.15) is 38.4 Å². The monoisotopic (exact) mass is 314 g/mol. The van der Waals surface area contributed by atoms with Crippen LogP contribution in [0.2, 0.25) is 0 Å². The highest BCUT2D eigenvalue weighted by molar-refractivity contribution is 7.92. The Hall–Kier alpha value is -1.28. The summed E-state index contributed by atoms with van der Waals surface area (Å²) in [6.07, 6.45) is 3.01. The minimum absolute atomic E-state index is 0.102. The Bertz CT molecular complexity index is 695. The van der Waals surface area contributed by atoms with Gasteiger partial charge in [0.25, 0.3) is 0 Å². The molecule has 0 aliphatic rings. The Morgan fingerprint density at radius 1 is 1.30 bits per heavy atom. The Morgan fingerprint density at radius 3 is 2.55 bits per heavy atom. The van der Waals surface area contributed by atoms with Crippen LogP contribution in [0.3, 0.4) is 0 Å². The summed E-state index contributed by atoms with van der Waals surface area (Å²) in [5, 5.41) is 3.98. The van der Waals surface area contributed by atoms with Crippen molar-refractivity contribution in [2.45, 2.75) is 49.7 Å². The van der Waals surface area contributed by atoms with Crippen molar-refractivity contribution < 1.29 is 8.42 Å². The number of aryl methyl sites for hydroxylation is 1. The summed E-state index contributed by atoms with van der Waals surface area (Å²) >= 11 is 1.23. The fourth-order valence-electron chi connectivity index (χ4n) is 1.64. The molecule has 2 heterocycles. The fourth-order valence-corrected chi connectivity index (χ4v) is 4.20. The number of rotatable bonds is 4. The molecule has 0 fully saturated rings. The van der Waals surface area contributed by atoms with Gasteiger partial charge < -0.3 is 0 Å². The highest BCUT2D eigenvalue weighted by atomic mass is 32.2. The zero-order valence-electron chi connectivity index (χ0n) is 12.0. The van der Waals surface area contributed by atoms with Gasteiger partial charge in [-0.2, -0.15) is 5.10 Å². The first-order valence-electron chi connectivity index (χ1n) is 6.30. The molecular formula is C12H18N4O2S2. The molecule has 0 spiro atoms. The number of sulfone groups is 1. The third kappa shape index (κ3) is 3.06. The summed E-state index contributed by atoms with van der Waals surface area (Å²) in [5.41, 5.74) is -0.102. The van der Waals surface area contributed by atoms with Crippen LogP contribution < -0.4 is 0 Å². The SMILES string of the molecule is CCn1ncnc1CS(=O)(=O)c1ncc(C(C)(C)C)s1. The summed E-state index contributed by atoms with van der Waals surface area (Å²) in [6, 6.07) is 0. The van der Waals surface area contributed by atoms with Crippen LogP contribution in [0.5, 0.6) is 0 Å². The zero-order chi connectivity index (χ0) is 15.0. The van der Waals surface area contributed by atoms with Gasteiger partial charge in [0.1, 0.15) is 17.9 Å². The van der Waals surface area contributed by atoms with Gasteiger partial charge in [0, 0.05) is 17.6 Å². The smallest absolute Gasteiger partial charge is 0.212 e. The lowest BCUT2D eigenvalue weighted by molar-refractivity contribution is 0.583. The van der Waals surface area contributed by atoms with Crippen LogP contribution in [0.4, 0.5) is 0 Å². The molecule has 0 bridgehead atoms. The van der Waals surface area contributed by atoms with Gasteiger partial charge in [0.05, 0.1) is 0 Å². The van der Waals surface area contributed by atoms with Crippen molar-refractivity contribution in [2.75, 3.05) is 0 Å². The van der Waals surface area contributed by atoms with E-state index >= 15 is 0 Å². The van der Waals surface area contributed by atoms with Crippen LogP contribution in [-0.4, -0.2) is 28.2 Å². The van der Waals surface area contributed by atoms with Crippen LogP contribution in [0.15, 0.2) is 16.9 Å². The van der Waals surface area contributed by atoms with Crippen molar-refractivity contribution >= 4 is 21.2 Å². The lowest BCUT2D eigenvalue weighted by Crippen LogP contribution is -2.11. The first-order chi connectivity index (χ1) is 9.24. The third-order valence-corrected chi connectivity index (χ3v) is 6.31. The minimum Gasteiger partial charge on any atom is -0.249 e. The van der Waals surface area contributed by atoms with Crippen molar-refractivity contribution in [3.8, 4) is 0 Å². The number of hydrogen-bond donors (Lipinski definition) is 0. The van der Waals surface area contributed by atoms with E-state index in [2.05, 4.69) is 15.1 Å². The molecule has 0 saturated carbocycles. The van der Waals surface area contributed by atoms with Crippen LogP contribution >= 0.6 is 11.3 Å². The van der Waals surface area contributed by atoms with Gasteiger partial charge in [-0.15, -0.1) is 11.3 Å². The number of thiazole rings is 1. The molecule has 0 N–H and O–H groups in total. The second kappa shape index (κ2) is 5.25. The average Bonchev–Trinajstić information content (AvgIpc) is 2.94. The standard InChI is InChI=1S/C12H18N4O2S2/c1-5-16-10(14-8-15-16)7-20(17,18)11-13-6-9(19-11)12(2,3)4/h6,8H,5,7H2,1-4H3. The number of hydrogen-bond acceptors (Lipinski definition) is 6. The molecule has 0 aliphatic heterocycles. The molecular weight excluding hydrogens is 296 g/mol. The van der Waals surface area contributed by atoms with Gasteiger partial charge in [0.2, 0.25) is 14.2 Å². The second-order valence-corrected chi connectivity index (χ2v) is 8.69. The minimum atomic E-state index is -3.47. The summed E-state index contributed by atoms with van der Waals surface area (Å²) in [6.45, 7) is 8.59. The van der Waals surface area contributed by atoms with Gasteiger partial charge in [-0.3, -0.25) is 0 Å². The molecule has 0 aliphatic carbocycles. The molecule has 20 heavy (non-hydrogen) atoms. The number of aromatic nitrogens is 4. The van der Waals surface area contributed by atoms with Crippen molar-refractivity contribution in [3.63, 3.8) is 0 Å². The summed E-state index contributed by atoms with van der Waals surface area (Å²) in [5.74, 6) is 0.276. The predicted molar refractivity (Wildman–Crippen MR) is 77.4 cm³/mol. The van der Waals surface area contributed by atoms with E-state index in [1.807, 2.05) is 27.7 Å². The van der Waals surface area contributed by atoms with E-state index in [0.29, 0.717) is 12.4 Å². The van der Waals surface area contributed by atoms with Crippen LogP contribution in [0, 0.1) is 0 Å². The van der Waals surface area contributed by atoms with Crippen LogP contribution in [-0.2, 0) is 27.5 Å². The van der Waals surface area contributed by atoms with E-state index in [0.717, 1.165) is 4.88 Å². The molecule has 0 aromatic carbocycles. The van der Waals surface area contributed by atoms with E-state index in [-0.39, 0.29) is 15.5 Å².